The van der Waals surface area contributed by atoms with Crippen molar-refractivity contribution in [1.29, 1.82) is 0 Å². The Morgan fingerprint density at radius 3 is 2.83 bits per heavy atom. The maximum Gasteiger partial charge on any atom is 0.0291 e. The van der Waals surface area contributed by atoms with Crippen LogP contribution in [0.4, 0.5) is 0 Å². The van der Waals surface area contributed by atoms with E-state index in [0.717, 1.165) is 11.3 Å². The quantitative estimate of drug-likeness (QED) is 0.756. The molecule has 1 nitrogen and oxygen atoms in total. The van der Waals surface area contributed by atoms with E-state index < -0.39 is 0 Å². The topological polar surface area (TPSA) is 12.0 Å². The largest absolute Gasteiger partial charge is 0.316 e. The van der Waals surface area contributed by atoms with Crippen LogP contribution in [-0.4, -0.2) is 35.6 Å². The maximum absolute atomic E-state index is 3.44. The zero-order valence-corrected chi connectivity index (χ0v) is 9.64. The van der Waals surface area contributed by atoms with Crippen molar-refractivity contribution in [2.75, 3.05) is 24.3 Å². The molecule has 0 aromatic rings. The van der Waals surface area contributed by atoms with E-state index in [-0.39, 0.29) is 0 Å². The fourth-order valence-corrected chi connectivity index (χ4v) is 4.53. The molecular formula is C9H19NS2. The molecule has 1 rings (SSSR count). The lowest BCUT2D eigenvalue weighted by Crippen LogP contribution is -2.38. The minimum absolute atomic E-state index is 0.743. The zero-order chi connectivity index (χ0) is 8.81. The van der Waals surface area contributed by atoms with E-state index in [4.69, 9.17) is 0 Å². The predicted molar refractivity (Wildman–Crippen MR) is 61.3 cm³/mol. The number of thioether (sulfide) groups is 2. The molecule has 12 heavy (non-hydrogen) atoms. The molecule has 0 saturated carbocycles. The molecule has 2 unspecified atom stereocenters. The third-order valence-electron chi connectivity index (χ3n) is 2.26. The number of hydrogen-bond donors (Lipinski definition) is 1. The lowest BCUT2D eigenvalue weighted by atomic mass is 10.1. The van der Waals surface area contributed by atoms with E-state index in [9.17, 15) is 0 Å². The van der Waals surface area contributed by atoms with Gasteiger partial charge in [-0.05, 0) is 13.5 Å². The number of rotatable bonds is 4. The fraction of sp³-hybridized carbons (Fsp3) is 1.00. The molecule has 72 valence electrons. The summed E-state index contributed by atoms with van der Waals surface area (Å²) in [5.41, 5.74) is 0. The summed E-state index contributed by atoms with van der Waals surface area (Å²) in [6.07, 6.45) is 2.63. The first-order valence-corrected chi connectivity index (χ1v) is 6.95. The van der Waals surface area contributed by atoms with Crippen molar-refractivity contribution in [3.63, 3.8) is 0 Å². The first kappa shape index (κ1) is 10.7. The van der Waals surface area contributed by atoms with Crippen LogP contribution in [0.25, 0.3) is 0 Å². The van der Waals surface area contributed by atoms with Crippen LogP contribution < -0.4 is 5.32 Å². The second-order valence-corrected chi connectivity index (χ2v) is 5.66. The molecule has 0 aliphatic carbocycles. The highest BCUT2D eigenvalue weighted by atomic mass is 32.2. The van der Waals surface area contributed by atoms with E-state index in [1.807, 2.05) is 0 Å². The van der Waals surface area contributed by atoms with Gasteiger partial charge in [-0.15, -0.1) is 0 Å². The second-order valence-electron chi connectivity index (χ2n) is 3.17. The van der Waals surface area contributed by atoms with Gasteiger partial charge in [-0.3, -0.25) is 0 Å². The van der Waals surface area contributed by atoms with Gasteiger partial charge in [0.05, 0.1) is 0 Å². The number of hydrogen-bond acceptors (Lipinski definition) is 3. The first-order chi connectivity index (χ1) is 5.88. The Labute approximate surface area is 84.4 Å². The van der Waals surface area contributed by atoms with Gasteiger partial charge in [0.2, 0.25) is 0 Å². The van der Waals surface area contributed by atoms with E-state index in [2.05, 4.69) is 42.8 Å². The number of nitrogens with one attached hydrogen (secondary N) is 1. The Kier molecular flexibility index (Phi) is 5.52. The van der Waals surface area contributed by atoms with Gasteiger partial charge in [0.25, 0.3) is 0 Å². The first-order valence-electron chi connectivity index (χ1n) is 4.75. The van der Waals surface area contributed by atoms with Crippen molar-refractivity contribution < 1.29 is 0 Å². The van der Waals surface area contributed by atoms with Gasteiger partial charge in [0.15, 0.2) is 0 Å². The summed E-state index contributed by atoms with van der Waals surface area (Å²) in [7, 11) is 2.10. The van der Waals surface area contributed by atoms with E-state index in [1.165, 1.54) is 30.1 Å². The summed E-state index contributed by atoms with van der Waals surface area (Å²) in [5.74, 6) is 4.04. The SMILES string of the molecule is CCCC(NC)C1CSCCS1. The molecule has 1 saturated heterocycles. The smallest absolute Gasteiger partial charge is 0.0291 e. The molecule has 1 aliphatic rings. The summed E-state index contributed by atoms with van der Waals surface area (Å²) >= 11 is 4.26. The fourth-order valence-electron chi connectivity index (χ4n) is 1.57. The van der Waals surface area contributed by atoms with Crippen LogP contribution in [0.1, 0.15) is 19.8 Å². The van der Waals surface area contributed by atoms with Crippen LogP contribution in [0.3, 0.4) is 0 Å². The molecule has 1 fully saturated rings. The maximum atomic E-state index is 3.44. The summed E-state index contributed by atoms with van der Waals surface area (Å²) in [6, 6.07) is 0.743. The van der Waals surface area contributed by atoms with Crippen LogP contribution in [0.2, 0.25) is 0 Å². The van der Waals surface area contributed by atoms with Crippen molar-refractivity contribution in [2.24, 2.45) is 0 Å². The molecular weight excluding hydrogens is 186 g/mol. The van der Waals surface area contributed by atoms with E-state index in [0.29, 0.717) is 0 Å². The molecule has 0 radical (unpaired) electrons. The summed E-state index contributed by atoms with van der Waals surface area (Å²) in [4.78, 5) is 0. The summed E-state index contributed by atoms with van der Waals surface area (Å²) in [6.45, 7) is 2.27. The molecule has 0 amide bonds. The van der Waals surface area contributed by atoms with Gasteiger partial charge >= 0.3 is 0 Å². The van der Waals surface area contributed by atoms with Crippen LogP contribution in [0.5, 0.6) is 0 Å². The average Bonchev–Trinajstić information content (AvgIpc) is 2.15. The highest BCUT2D eigenvalue weighted by Gasteiger charge is 2.22. The molecule has 1 N–H and O–H groups in total. The highest BCUT2D eigenvalue weighted by Crippen LogP contribution is 2.27. The Morgan fingerprint density at radius 1 is 1.50 bits per heavy atom. The molecule has 0 bridgehead atoms. The van der Waals surface area contributed by atoms with Gasteiger partial charge in [0.1, 0.15) is 0 Å². The minimum atomic E-state index is 0.743. The Hall–Kier alpha value is 0.660. The Bertz CT molecular complexity index is 110. The lowest BCUT2D eigenvalue weighted by molar-refractivity contribution is 0.515. The summed E-state index contributed by atoms with van der Waals surface area (Å²) < 4.78 is 0. The van der Waals surface area contributed by atoms with Crippen LogP contribution in [0, 0.1) is 0 Å². The van der Waals surface area contributed by atoms with Gasteiger partial charge < -0.3 is 5.32 Å². The molecule has 0 aromatic heterocycles. The normalized spacial score (nSPS) is 27.0. The second kappa shape index (κ2) is 6.17. The van der Waals surface area contributed by atoms with Crippen molar-refractivity contribution in [2.45, 2.75) is 31.1 Å². The van der Waals surface area contributed by atoms with Crippen molar-refractivity contribution in [3.8, 4) is 0 Å². The monoisotopic (exact) mass is 205 g/mol. The zero-order valence-electron chi connectivity index (χ0n) is 8.01. The lowest BCUT2D eigenvalue weighted by Gasteiger charge is -2.28. The highest BCUT2D eigenvalue weighted by molar-refractivity contribution is 8.06. The Balaban J connectivity index is 2.29. The van der Waals surface area contributed by atoms with Crippen molar-refractivity contribution in [3.05, 3.63) is 0 Å². The van der Waals surface area contributed by atoms with E-state index >= 15 is 0 Å². The van der Waals surface area contributed by atoms with Crippen molar-refractivity contribution >= 4 is 23.5 Å². The van der Waals surface area contributed by atoms with Gasteiger partial charge in [-0.1, -0.05) is 13.3 Å². The standard InChI is InChI=1S/C9H19NS2/c1-3-4-8(10-2)9-7-11-5-6-12-9/h8-10H,3-7H2,1-2H3. The molecule has 1 heterocycles. The van der Waals surface area contributed by atoms with E-state index in [1.54, 1.807) is 0 Å². The third kappa shape index (κ3) is 3.19. The van der Waals surface area contributed by atoms with Crippen LogP contribution >= 0.6 is 23.5 Å². The third-order valence-corrected chi connectivity index (χ3v) is 5.18. The van der Waals surface area contributed by atoms with Gasteiger partial charge in [0, 0.05) is 28.6 Å². The summed E-state index contributed by atoms with van der Waals surface area (Å²) in [5, 5.41) is 4.29. The molecule has 2 atom stereocenters. The minimum Gasteiger partial charge on any atom is -0.316 e. The van der Waals surface area contributed by atoms with Crippen molar-refractivity contribution in [1.82, 2.24) is 5.32 Å². The van der Waals surface area contributed by atoms with Gasteiger partial charge in [-0.25, -0.2) is 0 Å². The van der Waals surface area contributed by atoms with Crippen LogP contribution in [-0.2, 0) is 0 Å². The molecule has 1 aliphatic heterocycles. The Morgan fingerprint density at radius 2 is 2.33 bits per heavy atom. The predicted octanol–water partition coefficient (Wildman–Crippen LogP) is 2.22. The molecule has 3 heteroatoms. The van der Waals surface area contributed by atoms with Crippen LogP contribution in [0.15, 0.2) is 0 Å². The average molecular weight is 205 g/mol. The van der Waals surface area contributed by atoms with Gasteiger partial charge in [-0.2, -0.15) is 23.5 Å². The molecule has 0 spiro atoms. The molecule has 0 aromatic carbocycles.